The number of hydrogen-bond donors (Lipinski definition) is 5. The van der Waals surface area contributed by atoms with Crippen LogP contribution in [0.1, 0.15) is 80.1 Å². The van der Waals surface area contributed by atoms with E-state index in [1.165, 1.54) is 4.90 Å². The molecule has 3 aromatic rings. The predicted molar refractivity (Wildman–Crippen MR) is 223 cm³/mol. The maximum absolute atomic E-state index is 15.0. The van der Waals surface area contributed by atoms with Crippen LogP contribution in [0.15, 0.2) is 76.5 Å². The highest BCUT2D eigenvalue weighted by molar-refractivity contribution is 6.17. The minimum absolute atomic E-state index is 0.0361. The summed E-state index contributed by atoms with van der Waals surface area (Å²) in [5, 5.41) is 59.1. The molecule has 4 aliphatic heterocycles. The molecule has 1 saturated heterocycles. The number of aromatic hydroxyl groups is 1. The number of phenolic OH excluding ortho intramolecular Hbond substituents is 1. The number of aryl methyl sites for hydroxylation is 1. The molecule has 4 aliphatic carbocycles. The van der Waals surface area contributed by atoms with Crippen molar-refractivity contribution < 1.29 is 54.1 Å². The first-order valence-electron chi connectivity index (χ1n) is 21.0. The summed E-state index contributed by atoms with van der Waals surface area (Å²) >= 11 is 0. The molecule has 61 heavy (non-hydrogen) atoms. The predicted octanol–water partition coefficient (Wildman–Crippen LogP) is 4.62. The molecule has 0 spiro atoms. The Balaban J connectivity index is 1.17. The van der Waals surface area contributed by atoms with Crippen LogP contribution in [0, 0.1) is 12.3 Å². The number of amides is 1. The molecule has 13 nitrogen and oxygen atoms in total. The summed E-state index contributed by atoms with van der Waals surface area (Å²) < 4.78 is 25.7. The minimum atomic E-state index is -2.55. The lowest BCUT2D eigenvalue weighted by Gasteiger charge is -2.47. The molecule has 4 heterocycles. The molecule has 13 heteroatoms. The fourth-order valence-corrected chi connectivity index (χ4v) is 11.0. The molecule has 1 saturated carbocycles. The van der Waals surface area contributed by atoms with E-state index in [9.17, 15) is 30.3 Å². The van der Waals surface area contributed by atoms with Crippen molar-refractivity contribution in [2.75, 3.05) is 26.9 Å². The number of hydrogen-bond acceptors (Lipinski definition) is 12. The molecule has 5 N–H and O–H groups in total. The largest absolute Gasteiger partial charge is 0.506 e. The van der Waals surface area contributed by atoms with Gasteiger partial charge in [0.05, 0.1) is 55.2 Å². The fourth-order valence-electron chi connectivity index (χ4n) is 11.0. The molecule has 3 aromatic carbocycles. The van der Waals surface area contributed by atoms with Crippen LogP contribution in [0.5, 0.6) is 17.2 Å². The number of aliphatic hydroxyl groups excluding tert-OH is 3. The van der Waals surface area contributed by atoms with Gasteiger partial charge in [0.25, 0.3) is 5.91 Å². The molecule has 1 amide bonds. The SMILES string of the molecule is COc1c2c(c3c(O)c(C(=O)CN4Cc5ccccc5C4=O)c4c5c3c1CCC5=CC1CCCC41)OC1OC(COC(C3=C4[CH+]C=CC=C4N=C3)C=C2)C(O)C(O)C1(O)CO. The molecule has 0 aromatic heterocycles. The molecule has 8 aliphatic rings. The number of ketones is 1. The van der Waals surface area contributed by atoms with Crippen molar-refractivity contribution in [1.82, 2.24) is 4.90 Å². The number of benzene rings is 3. The van der Waals surface area contributed by atoms with E-state index in [0.717, 1.165) is 58.4 Å². The van der Waals surface area contributed by atoms with Gasteiger partial charge in [-0.3, -0.25) is 9.59 Å². The average molecular weight is 826 g/mol. The number of aliphatic hydroxyl groups is 4. The van der Waals surface area contributed by atoms with E-state index in [0.29, 0.717) is 40.7 Å². The third kappa shape index (κ3) is 5.61. The Kier molecular flexibility index (Phi) is 8.98. The first-order chi connectivity index (χ1) is 29.6. The zero-order valence-electron chi connectivity index (χ0n) is 33.4. The Morgan fingerprint density at radius 1 is 1.15 bits per heavy atom. The van der Waals surface area contributed by atoms with Gasteiger partial charge in [-0.25, -0.2) is 0 Å². The van der Waals surface area contributed by atoms with Gasteiger partial charge in [0.15, 0.2) is 17.1 Å². The van der Waals surface area contributed by atoms with Crippen molar-refractivity contribution >= 4 is 40.3 Å². The van der Waals surface area contributed by atoms with Gasteiger partial charge in [-0.05, 0) is 78.0 Å². The first kappa shape index (κ1) is 38.4. The molecule has 11 rings (SSSR count). The zero-order valence-corrected chi connectivity index (χ0v) is 33.4. The van der Waals surface area contributed by atoms with E-state index in [2.05, 4.69) is 11.1 Å². The Hall–Kier alpha value is -5.54. The Morgan fingerprint density at radius 2 is 2.00 bits per heavy atom. The van der Waals surface area contributed by atoms with Gasteiger partial charge in [0, 0.05) is 47.7 Å². The van der Waals surface area contributed by atoms with Crippen LogP contribution >= 0.6 is 0 Å². The van der Waals surface area contributed by atoms with Gasteiger partial charge in [0.1, 0.15) is 47.2 Å². The van der Waals surface area contributed by atoms with Crippen LogP contribution in [-0.4, -0.2) is 112 Å². The van der Waals surface area contributed by atoms with E-state index in [1.807, 2.05) is 36.8 Å². The summed E-state index contributed by atoms with van der Waals surface area (Å²) in [7, 11) is 1.55. The molecule has 2 bridgehead atoms. The number of phenols is 1. The highest BCUT2D eigenvalue weighted by Gasteiger charge is 2.57. The topological polar surface area (TPSA) is 188 Å². The summed E-state index contributed by atoms with van der Waals surface area (Å²) in [4.78, 5) is 34.8. The van der Waals surface area contributed by atoms with E-state index < -0.39 is 48.7 Å². The van der Waals surface area contributed by atoms with Crippen LogP contribution in [0.25, 0.3) is 22.4 Å². The second kappa shape index (κ2) is 14.3. The van der Waals surface area contributed by atoms with Gasteiger partial charge in [0.2, 0.25) is 6.29 Å². The molecule has 8 atom stereocenters. The average Bonchev–Trinajstić information content (AvgIpc) is 4.00. The maximum Gasteiger partial charge on any atom is 0.254 e. The second-order valence-electron chi connectivity index (χ2n) is 17.2. The minimum Gasteiger partial charge on any atom is -0.506 e. The molecule has 2 fully saturated rings. The molecule has 8 unspecified atom stereocenters. The number of carbonyl (C=O) groups is 2. The number of rotatable bonds is 6. The van der Waals surface area contributed by atoms with E-state index in [-0.39, 0.29) is 59.9 Å². The summed E-state index contributed by atoms with van der Waals surface area (Å²) in [6.07, 6.45) is 11.5. The highest BCUT2D eigenvalue weighted by Crippen LogP contribution is 2.60. The molecular formula is C48H45N2O11+. The number of Topliss-reactive ketones (excluding diaryl/α,β-unsaturated/α-hetero) is 1. The monoisotopic (exact) mass is 825 g/mol. The Labute approximate surface area is 351 Å². The second-order valence-corrected chi connectivity index (χ2v) is 17.2. The number of ether oxygens (including phenoxy) is 4. The third-order valence-corrected chi connectivity index (χ3v) is 14.0. The summed E-state index contributed by atoms with van der Waals surface area (Å²) in [6, 6.07) is 7.28. The lowest BCUT2D eigenvalue weighted by atomic mass is 9.69. The van der Waals surface area contributed by atoms with E-state index in [1.54, 1.807) is 37.6 Å². The van der Waals surface area contributed by atoms with Gasteiger partial charge >= 0.3 is 0 Å². The normalized spacial score (nSPS) is 30.5. The standard InChI is InChI=1S/C48H44N2O11/c1-58-43-29-14-13-24-17-23-8-6-11-26(23)37-36(24)38(29)40(42(54)39(37)33(52)20-50-19-25-7-2-3-9-27(25)46(50)56)44-30(43)15-16-34(31-18-49-32-12-5-4-10-28(31)32)59-21-35-41(53)45(55)48(57,22-51)47(60-35)61-44/h2-5,7,9-10,12,15-18,23,26,34-35,41,45,47,51,53,55,57H,6,8,11,13-14,19-22H2,1H3/p+1. The van der Waals surface area contributed by atoms with Gasteiger partial charge in [-0.1, -0.05) is 30.7 Å². The van der Waals surface area contributed by atoms with Crippen molar-refractivity contribution in [3.05, 3.63) is 117 Å². The van der Waals surface area contributed by atoms with Crippen LogP contribution in [0.4, 0.5) is 0 Å². The maximum atomic E-state index is 15.0. The highest BCUT2D eigenvalue weighted by atomic mass is 16.7. The number of carbonyl (C=O) groups excluding carboxylic acids is 2. The number of allylic oxidation sites excluding steroid dienone is 6. The summed E-state index contributed by atoms with van der Waals surface area (Å²) in [6.45, 7) is -1.35. The third-order valence-electron chi connectivity index (χ3n) is 14.0. The summed E-state index contributed by atoms with van der Waals surface area (Å²) in [5.74, 6) is -0.526. The number of aliphatic imine (C=N–C) groups is 1. The van der Waals surface area contributed by atoms with Crippen molar-refractivity contribution in [3.8, 4) is 17.2 Å². The zero-order chi connectivity index (χ0) is 41.9. The first-order valence-corrected chi connectivity index (χ1v) is 21.0. The van der Waals surface area contributed by atoms with Crippen molar-refractivity contribution in [2.24, 2.45) is 10.9 Å². The lowest BCUT2D eigenvalue weighted by Crippen LogP contribution is -2.69. The van der Waals surface area contributed by atoms with E-state index in [4.69, 9.17) is 18.9 Å². The fraction of sp³-hybridized carbons (Fsp3) is 0.375. The van der Waals surface area contributed by atoms with Crippen molar-refractivity contribution in [3.63, 3.8) is 0 Å². The smallest absolute Gasteiger partial charge is 0.254 e. The quantitative estimate of drug-likeness (QED) is 0.173. The summed E-state index contributed by atoms with van der Waals surface area (Å²) in [5.41, 5.74) is 4.97. The van der Waals surface area contributed by atoms with E-state index >= 15 is 4.79 Å². The number of nitrogens with zero attached hydrogens (tertiary/aromatic N) is 2. The van der Waals surface area contributed by atoms with Crippen molar-refractivity contribution in [2.45, 2.75) is 80.9 Å². The van der Waals surface area contributed by atoms with Crippen LogP contribution in [0.2, 0.25) is 0 Å². The van der Waals surface area contributed by atoms with Crippen LogP contribution in [-0.2, 0) is 22.4 Å². The number of methoxy groups -OCH3 is 1. The van der Waals surface area contributed by atoms with Gasteiger partial charge in [-0.15, -0.1) is 0 Å². The molecule has 312 valence electrons. The van der Waals surface area contributed by atoms with Crippen LogP contribution in [0.3, 0.4) is 0 Å². The van der Waals surface area contributed by atoms with Gasteiger partial charge < -0.3 is 49.4 Å². The number of fused-ring (bicyclic) bond motifs is 8. The molecule has 0 radical (unpaired) electrons. The van der Waals surface area contributed by atoms with Gasteiger partial charge in [-0.2, -0.15) is 4.99 Å². The molecular weight excluding hydrogens is 781 g/mol. The van der Waals surface area contributed by atoms with Crippen LogP contribution < -0.4 is 9.47 Å². The Bertz CT molecular complexity index is 2640. The van der Waals surface area contributed by atoms with Crippen molar-refractivity contribution in [1.29, 1.82) is 0 Å². The lowest BCUT2D eigenvalue weighted by molar-refractivity contribution is -0.329. The Morgan fingerprint density at radius 3 is 2.82 bits per heavy atom.